The minimum Gasteiger partial charge on any atom is -0.447 e. The molecule has 1 aromatic carbocycles. The molecule has 0 bridgehead atoms. The third-order valence-corrected chi connectivity index (χ3v) is 4.49. The van der Waals surface area contributed by atoms with Crippen molar-refractivity contribution in [3.63, 3.8) is 0 Å². The van der Waals surface area contributed by atoms with E-state index in [0.29, 0.717) is 18.8 Å². The number of carbonyl (C=O) groups is 2. The van der Waals surface area contributed by atoms with Gasteiger partial charge >= 0.3 is 12.1 Å². The highest BCUT2D eigenvalue weighted by atomic mass is 16.6. The standard InChI is InChI=1S/C17H24N4O3/c1-2-19-7-4-8-20(10-9-19)16(22)18-14-5-3-6-15(13-14)21-11-12-24-17(21)23/h3,5-6,13H,2,4,7-12H2,1H3,(H,18,22). The fourth-order valence-corrected chi connectivity index (χ4v) is 3.07. The number of hydrogen-bond donors (Lipinski definition) is 1. The van der Waals surface area contributed by atoms with Crippen LogP contribution in [0.4, 0.5) is 21.0 Å². The van der Waals surface area contributed by atoms with E-state index in [0.717, 1.165) is 44.8 Å². The molecule has 7 nitrogen and oxygen atoms in total. The molecule has 0 radical (unpaired) electrons. The number of urea groups is 1. The highest BCUT2D eigenvalue weighted by Crippen LogP contribution is 2.22. The molecule has 0 aromatic heterocycles. The molecule has 130 valence electrons. The zero-order valence-electron chi connectivity index (χ0n) is 14.0. The van der Waals surface area contributed by atoms with Crippen molar-refractivity contribution in [1.82, 2.24) is 9.80 Å². The first-order chi connectivity index (χ1) is 11.7. The van der Waals surface area contributed by atoms with Crippen LogP contribution in [0.15, 0.2) is 24.3 Å². The van der Waals surface area contributed by atoms with Gasteiger partial charge in [-0.05, 0) is 37.7 Å². The molecule has 3 rings (SSSR count). The molecular formula is C17H24N4O3. The topological polar surface area (TPSA) is 65.1 Å². The van der Waals surface area contributed by atoms with Gasteiger partial charge in [0, 0.05) is 31.0 Å². The smallest absolute Gasteiger partial charge is 0.414 e. The zero-order valence-corrected chi connectivity index (χ0v) is 14.0. The Kier molecular flexibility index (Phi) is 5.20. The molecule has 2 fully saturated rings. The Morgan fingerprint density at radius 2 is 2.08 bits per heavy atom. The summed E-state index contributed by atoms with van der Waals surface area (Å²) in [6.07, 6.45) is 0.645. The molecule has 0 atom stereocenters. The third-order valence-electron chi connectivity index (χ3n) is 4.49. The number of hydrogen-bond acceptors (Lipinski definition) is 4. The SMILES string of the molecule is CCN1CCCN(C(=O)Nc2cccc(N3CCOC3=O)c2)CC1. The van der Waals surface area contributed by atoms with E-state index in [9.17, 15) is 9.59 Å². The number of benzene rings is 1. The van der Waals surface area contributed by atoms with Crippen LogP contribution in [0.25, 0.3) is 0 Å². The second-order valence-electron chi connectivity index (χ2n) is 6.02. The van der Waals surface area contributed by atoms with Gasteiger partial charge in [-0.3, -0.25) is 4.90 Å². The average Bonchev–Trinajstić information content (AvgIpc) is 2.87. The van der Waals surface area contributed by atoms with Gasteiger partial charge < -0.3 is 19.9 Å². The van der Waals surface area contributed by atoms with Gasteiger partial charge in [0.15, 0.2) is 0 Å². The molecule has 24 heavy (non-hydrogen) atoms. The molecule has 2 aliphatic heterocycles. The Bertz CT molecular complexity index is 607. The lowest BCUT2D eigenvalue weighted by molar-refractivity contribution is 0.181. The second kappa shape index (κ2) is 7.53. The summed E-state index contributed by atoms with van der Waals surface area (Å²) >= 11 is 0. The van der Waals surface area contributed by atoms with Crippen molar-refractivity contribution in [3.8, 4) is 0 Å². The Labute approximate surface area is 142 Å². The molecular weight excluding hydrogens is 308 g/mol. The summed E-state index contributed by atoms with van der Waals surface area (Å²) in [5.41, 5.74) is 1.43. The maximum atomic E-state index is 12.5. The molecule has 2 heterocycles. The summed E-state index contributed by atoms with van der Waals surface area (Å²) in [7, 11) is 0. The van der Waals surface area contributed by atoms with Crippen LogP contribution >= 0.6 is 0 Å². The summed E-state index contributed by atoms with van der Waals surface area (Å²) < 4.78 is 4.96. The Balaban J connectivity index is 1.63. The lowest BCUT2D eigenvalue weighted by atomic mass is 10.2. The van der Waals surface area contributed by atoms with Crippen LogP contribution in [0.1, 0.15) is 13.3 Å². The van der Waals surface area contributed by atoms with Gasteiger partial charge in [0.1, 0.15) is 6.61 Å². The fraction of sp³-hybridized carbons (Fsp3) is 0.529. The van der Waals surface area contributed by atoms with E-state index >= 15 is 0 Å². The number of cyclic esters (lactones) is 1. The minimum atomic E-state index is -0.342. The van der Waals surface area contributed by atoms with E-state index < -0.39 is 0 Å². The van der Waals surface area contributed by atoms with Gasteiger partial charge in [0.2, 0.25) is 0 Å². The molecule has 1 N–H and O–H groups in total. The minimum absolute atomic E-state index is 0.0888. The summed E-state index contributed by atoms with van der Waals surface area (Å²) in [6, 6.07) is 7.22. The van der Waals surface area contributed by atoms with Gasteiger partial charge in [-0.15, -0.1) is 0 Å². The number of carbonyl (C=O) groups excluding carboxylic acids is 2. The van der Waals surface area contributed by atoms with E-state index in [1.807, 2.05) is 23.1 Å². The number of amides is 3. The second-order valence-corrected chi connectivity index (χ2v) is 6.02. The van der Waals surface area contributed by atoms with Gasteiger partial charge in [-0.1, -0.05) is 13.0 Å². The molecule has 0 unspecified atom stereocenters. The number of rotatable bonds is 3. The number of nitrogens with one attached hydrogen (secondary N) is 1. The molecule has 0 aliphatic carbocycles. The predicted octanol–water partition coefficient (Wildman–Crippen LogP) is 2.20. The van der Waals surface area contributed by atoms with Crippen molar-refractivity contribution < 1.29 is 14.3 Å². The van der Waals surface area contributed by atoms with E-state index in [1.165, 1.54) is 0 Å². The largest absolute Gasteiger partial charge is 0.447 e. The predicted molar refractivity (Wildman–Crippen MR) is 92.5 cm³/mol. The summed E-state index contributed by atoms with van der Waals surface area (Å²) in [4.78, 5) is 29.9. The van der Waals surface area contributed by atoms with Crippen molar-refractivity contribution in [2.75, 3.05) is 56.1 Å². The summed E-state index contributed by atoms with van der Waals surface area (Å²) in [5, 5.41) is 2.94. The number of anilines is 2. The van der Waals surface area contributed by atoms with Crippen LogP contribution in [-0.2, 0) is 4.74 Å². The Morgan fingerprint density at radius 1 is 1.21 bits per heavy atom. The number of nitrogens with zero attached hydrogens (tertiary/aromatic N) is 3. The maximum Gasteiger partial charge on any atom is 0.414 e. The van der Waals surface area contributed by atoms with Gasteiger partial charge in [0.25, 0.3) is 0 Å². The van der Waals surface area contributed by atoms with E-state index in [2.05, 4.69) is 17.1 Å². The number of likely N-dealkylation sites (N-methyl/N-ethyl adjacent to an activating group) is 1. The van der Waals surface area contributed by atoms with Crippen LogP contribution in [0.5, 0.6) is 0 Å². The highest BCUT2D eigenvalue weighted by molar-refractivity contribution is 5.93. The normalized spacial score (nSPS) is 19.1. The van der Waals surface area contributed by atoms with Crippen LogP contribution in [0, 0.1) is 0 Å². The number of ether oxygens (including phenoxy) is 1. The van der Waals surface area contributed by atoms with Crippen molar-refractivity contribution >= 4 is 23.5 Å². The molecule has 0 saturated carbocycles. The van der Waals surface area contributed by atoms with Crippen LogP contribution in [0.3, 0.4) is 0 Å². The zero-order chi connectivity index (χ0) is 16.9. The first-order valence-corrected chi connectivity index (χ1v) is 8.50. The highest BCUT2D eigenvalue weighted by Gasteiger charge is 2.24. The summed E-state index contributed by atoms with van der Waals surface area (Å²) in [6.45, 7) is 7.54. The first-order valence-electron chi connectivity index (χ1n) is 8.50. The Hall–Kier alpha value is -2.28. The molecule has 1 aromatic rings. The first kappa shape index (κ1) is 16.6. The van der Waals surface area contributed by atoms with Gasteiger partial charge in [-0.25, -0.2) is 9.59 Å². The Morgan fingerprint density at radius 3 is 2.83 bits per heavy atom. The third kappa shape index (κ3) is 3.79. The van der Waals surface area contributed by atoms with Gasteiger partial charge in [0.05, 0.1) is 6.54 Å². The van der Waals surface area contributed by atoms with Gasteiger partial charge in [-0.2, -0.15) is 0 Å². The van der Waals surface area contributed by atoms with Crippen LogP contribution < -0.4 is 10.2 Å². The van der Waals surface area contributed by atoms with Crippen molar-refractivity contribution in [2.45, 2.75) is 13.3 Å². The average molecular weight is 332 g/mol. The van der Waals surface area contributed by atoms with E-state index in [-0.39, 0.29) is 12.1 Å². The van der Waals surface area contributed by atoms with Crippen molar-refractivity contribution in [3.05, 3.63) is 24.3 Å². The van der Waals surface area contributed by atoms with E-state index in [4.69, 9.17) is 4.74 Å². The van der Waals surface area contributed by atoms with E-state index in [1.54, 1.807) is 11.0 Å². The monoisotopic (exact) mass is 332 g/mol. The van der Waals surface area contributed by atoms with Crippen LogP contribution in [-0.4, -0.2) is 67.8 Å². The van der Waals surface area contributed by atoms with Crippen molar-refractivity contribution in [2.24, 2.45) is 0 Å². The van der Waals surface area contributed by atoms with Crippen LogP contribution in [0.2, 0.25) is 0 Å². The maximum absolute atomic E-state index is 12.5. The fourth-order valence-electron chi connectivity index (χ4n) is 3.07. The lowest BCUT2D eigenvalue weighted by Gasteiger charge is -2.22. The summed E-state index contributed by atoms with van der Waals surface area (Å²) in [5.74, 6) is 0. The molecule has 2 aliphatic rings. The molecule has 7 heteroatoms. The molecule has 2 saturated heterocycles. The quantitative estimate of drug-likeness (QED) is 0.922. The van der Waals surface area contributed by atoms with Crippen molar-refractivity contribution in [1.29, 1.82) is 0 Å². The molecule has 3 amide bonds. The lowest BCUT2D eigenvalue weighted by Crippen LogP contribution is -2.38. The molecule has 0 spiro atoms.